The van der Waals surface area contributed by atoms with Crippen molar-refractivity contribution in [2.24, 2.45) is 5.92 Å². The Labute approximate surface area is 123 Å². The highest BCUT2D eigenvalue weighted by molar-refractivity contribution is 6.13. The average molecular weight is 287 g/mol. The molecule has 5 heteroatoms. The lowest BCUT2D eigenvalue weighted by Gasteiger charge is -2.41. The second kappa shape index (κ2) is 4.69. The second-order valence-corrected chi connectivity index (χ2v) is 5.61. The molecule has 1 unspecified atom stereocenters. The maximum atomic E-state index is 12.8. The molecule has 0 saturated carbocycles. The van der Waals surface area contributed by atoms with Gasteiger partial charge in [0, 0.05) is 18.4 Å². The topological polar surface area (TPSA) is 65.5 Å². The fraction of sp³-hybridized carbons (Fsp3) is 0.438. The zero-order chi connectivity index (χ0) is 15.2. The molecule has 1 aromatic rings. The van der Waals surface area contributed by atoms with Crippen LogP contribution in [0.4, 0.5) is 0 Å². The lowest BCUT2D eigenvalue weighted by atomic mass is 9.60. The van der Waals surface area contributed by atoms with Crippen LogP contribution in [-0.4, -0.2) is 31.0 Å². The lowest BCUT2D eigenvalue weighted by Crippen LogP contribution is -2.53. The van der Waals surface area contributed by atoms with Crippen LogP contribution in [0.2, 0.25) is 0 Å². The van der Waals surface area contributed by atoms with Gasteiger partial charge in [0.15, 0.2) is 11.2 Å². The van der Waals surface area contributed by atoms with Crippen molar-refractivity contribution in [3.8, 4) is 5.88 Å². The van der Waals surface area contributed by atoms with Gasteiger partial charge in [0.05, 0.1) is 19.9 Å². The first-order valence-electron chi connectivity index (χ1n) is 6.87. The Kier molecular flexibility index (Phi) is 3.08. The quantitative estimate of drug-likeness (QED) is 0.469. The molecule has 0 aliphatic heterocycles. The van der Waals surface area contributed by atoms with Gasteiger partial charge in [-0.2, -0.15) is 0 Å². The highest BCUT2D eigenvalue weighted by atomic mass is 16.5. The number of allylic oxidation sites excluding steroid dienone is 2. The molecule has 2 aliphatic rings. The molecule has 0 radical (unpaired) electrons. The molecule has 5 nitrogen and oxygen atoms in total. The van der Waals surface area contributed by atoms with Crippen molar-refractivity contribution in [2.45, 2.75) is 25.2 Å². The van der Waals surface area contributed by atoms with Crippen LogP contribution in [0, 0.1) is 5.92 Å². The molecule has 1 heterocycles. The number of methoxy groups -OCH3 is 2. The van der Waals surface area contributed by atoms with Gasteiger partial charge >= 0.3 is 5.97 Å². The van der Waals surface area contributed by atoms with Gasteiger partial charge in [-0.05, 0) is 18.9 Å². The number of pyridine rings is 1. The number of hydrogen-bond acceptors (Lipinski definition) is 5. The molecule has 0 amide bonds. The highest BCUT2D eigenvalue weighted by Gasteiger charge is 2.56. The van der Waals surface area contributed by atoms with Gasteiger partial charge in [-0.3, -0.25) is 9.59 Å². The van der Waals surface area contributed by atoms with Gasteiger partial charge < -0.3 is 9.47 Å². The van der Waals surface area contributed by atoms with E-state index < -0.39 is 11.4 Å². The highest BCUT2D eigenvalue weighted by Crippen LogP contribution is 2.46. The standard InChI is InChI=1S/C16H17NO4/c1-9-6-10-7-12-11(4-5-13(17-12)20-2)16(8-9,14(10)18)15(19)21-3/h4-6,10H,7-8H2,1-3H3/t10?,16-/m0/s1. The number of Topliss-reactive ketones (excluding diaryl/α,β-unsaturated/α-hetero) is 1. The first kappa shape index (κ1) is 13.8. The van der Waals surface area contributed by atoms with Crippen molar-refractivity contribution in [1.29, 1.82) is 0 Å². The summed E-state index contributed by atoms with van der Waals surface area (Å²) in [7, 11) is 2.86. The summed E-state index contributed by atoms with van der Waals surface area (Å²) in [6, 6.07) is 3.45. The average Bonchev–Trinajstić information content (AvgIpc) is 2.48. The number of fused-ring (bicyclic) bond motifs is 4. The Balaban J connectivity index is 2.25. The van der Waals surface area contributed by atoms with Crippen LogP contribution in [0.15, 0.2) is 23.8 Å². The molecule has 3 rings (SSSR count). The minimum Gasteiger partial charge on any atom is -0.481 e. The summed E-state index contributed by atoms with van der Waals surface area (Å²) in [5, 5.41) is 0. The molecule has 0 N–H and O–H groups in total. The summed E-state index contributed by atoms with van der Waals surface area (Å²) in [6.07, 6.45) is 2.80. The van der Waals surface area contributed by atoms with E-state index in [9.17, 15) is 9.59 Å². The molecule has 0 aromatic carbocycles. The van der Waals surface area contributed by atoms with Crippen molar-refractivity contribution in [3.63, 3.8) is 0 Å². The van der Waals surface area contributed by atoms with Crippen molar-refractivity contribution >= 4 is 11.8 Å². The van der Waals surface area contributed by atoms with E-state index in [-0.39, 0.29) is 11.7 Å². The van der Waals surface area contributed by atoms with Crippen LogP contribution < -0.4 is 4.74 Å². The molecule has 2 atom stereocenters. The minimum atomic E-state index is -1.24. The van der Waals surface area contributed by atoms with Gasteiger partial charge in [-0.1, -0.05) is 17.7 Å². The molecule has 110 valence electrons. The van der Waals surface area contributed by atoms with Gasteiger partial charge in [0.1, 0.15) is 0 Å². The summed E-state index contributed by atoms with van der Waals surface area (Å²) >= 11 is 0. The van der Waals surface area contributed by atoms with Gasteiger partial charge in [0.2, 0.25) is 5.88 Å². The largest absolute Gasteiger partial charge is 0.481 e. The maximum absolute atomic E-state index is 12.8. The lowest BCUT2D eigenvalue weighted by molar-refractivity contribution is -0.154. The minimum absolute atomic E-state index is 0.0839. The Morgan fingerprint density at radius 2 is 2.14 bits per heavy atom. The molecular formula is C16H17NO4. The molecule has 2 bridgehead atoms. The second-order valence-electron chi connectivity index (χ2n) is 5.61. The third-order valence-corrected chi connectivity index (χ3v) is 4.35. The summed E-state index contributed by atoms with van der Waals surface area (Å²) in [4.78, 5) is 29.7. The van der Waals surface area contributed by atoms with Crippen LogP contribution in [0.5, 0.6) is 5.88 Å². The maximum Gasteiger partial charge on any atom is 0.324 e. The fourth-order valence-corrected chi connectivity index (χ4v) is 3.48. The number of nitrogens with zero attached hydrogens (tertiary/aromatic N) is 1. The Morgan fingerprint density at radius 3 is 2.81 bits per heavy atom. The number of aromatic nitrogens is 1. The SMILES string of the molecule is COC(=O)[C@@]12CC(C)=CC(Cc3nc(OC)ccc31)C2=O. The number of carbonyl (C=O) groups excluding carboxylic acids is 2. The van der Waals surface area contributed by atoms with E-state index in [4.69, 9.17) is 9.47 Å². The van der Waals surface area contributed by atoms with E-state index in [1.54, 1.807) is 19.2 Å². The van der Waals surface area contributed by atoms with Crippen LogP contribution >= 0.6 is 0 Å². The van der Waals surface area contributed by atoms with Gasteiger partial charge in [0.25, 0.3) is 0 Å². The summed E-state index contributed by atoms with van der Waals surface area (Å²) in [6.45, 7) is 1.94. The number of ether oxygens (including phenoxy) is 2. The van der Waals surface area contributed by atoms with E-state index in [0.717, 1.165) is 11.3 Å². The number of hydrogen-bond donors (Lipinski definition) is 0. The molecule has 0 fully saturated rings. The first-order chi connectivity index (χ1) is 10.0. The first-order valence-corrected chi connectivity index (χ1v) is 6.87. The summed E-state index contributed by atoms with van der Waals surface area (Å²) in [5.41, 5.74) is 1.19. The van der Waals surface area contributed by atoms with Crippen molar-refractivity contribution < 1.29 is 19.1 Å². The van der Waals surface area contributed by atoms with E-state index in [0.29, 0.717) is 24.3 Å². The summed E-state index contributed by atoms with van der Waals surface area (Å²) < 4.78 is 10.1. The van der Waals surface area contributed by atoms with Crippen LogP contribution in [-0.2, 0) is 26.2 Å². The predicted molar refractivity (Wildman–Crippen MR) is 75.1 cm³/mol. The van der Waals surface area contributed by atoms with E-state index in [1.807, 2.05) is 13.0 Å². The molecular weight excluding hydrogens is 270 g/mol. The van der Waals surface area contributed by atoms with Crippen molar-refractivity contribution in [1.82, 2.24) is 4.98 Å². The van der Waals surface area contributed by atoms with E-state index in [1.165, 1.54) is 7.11 Å². The third kappa shape index (κ3) is 1.80. The number of ketones is 1. The Bertz CT molecular complexity index is 664. The van der Waals surface area contributed by atoms with Crippen molar-refractivity contribution in [2.75, 3.05) is 14.2 Å². The van der Waals surface area contributed by atoms with E-state index in [2.05, 4.69) is 4.98 Å². The molecule has 21 heavy (non-hydrogen) atoms. The Morgan fingerprint density at radius 1 is 1.38 bits per heavy atom. The van der Waals surface area contributed by atoms with E-state index >= 15 is 0 Å². The smallest absolute Gasteiger partial charge is 0.324 e. The third-order valence-electron chi connectivity index (χ3n) is 4.35. The van der Waals surface area contributed by atoms with Crippen LogP contribution in [0.3, 0.4) is 0 Å². The normalized spacial score (nSPS) is 26.7. The van der Waals surface area contributed by atoms with Gasteiger partial charge in [-0.25, -0.2) is 4.98 Å². The zero-order valence-electron chi connectivity index (χ0n) is 12.3. The van der Waals surface area contributed by atoms with Gasteiger partial charge in [-0.15, -0.1) is 0 Å². The number of esters is 1. The summed E-state index contributed by atoms with van der Waals surface area (Å²) in [5.74, 6) is -0.413. The molecule has 0 spiro atoms. The van der Waals surface area contributed by atoms with Crippen LogP contribution in [0.1, 0.15) is 24.6 Å². The molecule has 2 aliphatic carbocycles. The fourth-order valence-electron chi connectivity index (χ4n) is 3.48. The number of rotatable bonds is 2. The van der Waals surface area contributed by atoms with Crippen LogP contribution in [0.25, 0.3) is 0 Å². The monoisotopic (exact) mass is 287 g/mol. The molecule has 0 saturated heterocycles. The molecule has 1 aromatic heterocycles. The van der Waals surface area contributed by atoms with Crippen molar-refractivity contribution in [3.05, 3.63) is 35.0 Å². The zero-order valence-corrected chi connectivity index (χ0v) is 12.3. The predicted octanol–water partition coefficient (Wildman–Crippen LogP) is 1.59. The number of carbonyl (C=O) groups is 2. The Hall–Kier alpha value is -2.17.